The van der Waals surface area contributed by atoms with Gasteiger partial charge < -0.3 is 15.8 Å². The zero-order valence-corrected chi connectivity index (χ0v) is 8.95. The topological polar surface area (TPSA) is 64.3 Å². The van der Waals surface area contributed by atoms with E-state index in [0.717, 1.165) is 19.3 Å². The molecule has 1 rings (SSSR count). The van der Waals surface area contributed by atoms with E-state index in [1.165, 1.54) is 0 Å². The highest BCUT2D eigenvalue weighted by Gasteiger charge is 2.25. The minimum atomic E-state index is -0.0605. The van der Waals surface area contributed by atoms with Crippen molar-refractivity contribution in [2.24, 2.45) is 5.73 Å². The second kappa shape index (κ2) is 5.32. The van der Waals surface area contributed by atoms with Gasteiger partial charge in [0.2, 0.25) is 5.91 Å². The average Bonchev–Trinajstić information content (AvgIpc) is 2.50. The number of amides is 1. The van der Waals surface area contributed by atoms with Gasteiger partial charge in [0.25, 0.3) is 0 Å². The van der Waals surface area contributed by atoms with Crippen molar-refractivity contribution in [2.45, 2.75) is 50.8 Å². The summed E-state index contributed by atoms with van der Waals surface area (Å²) < 4.78 is 5.23. The summed E-state index contributed by atoms with van der Waals surface area (Å²) in [4.78, 5) is 11.4. The summed E-state index contributed by atoms with van der Waals surface area (Å²) in [6.45, 7) is 1.84. The van der Waals surface area contributed by atoms with E-state index in [4.69, 9.17) is 10.5 Å². The van der Waals surface area contributed by atoms with Crippen molar-refractivity contribution in [2.75, 3.05) is 7.11 Å². The number of carbonyl (C=O) groups is 1. The van der Waals surface area contributed by atoms with Crippen LogP contribution in [0.1, 0.15) is 32.6 Å². The van der Waals surface area contributed by atoms with Gasteiger partial charge in [-0.25, -0.2) is 0 Å². The molecule has 3 atom stereocenters. The molecule has 82 valence electrons. The van der Waals surface area contributed by atoms with E-state index in [-0.39, 0.29) is 18.0 Å². The van der Waals surface area contributed by atoms with E-state index in [1.54, 1.807) is 7.11 Å². The first-order valence-corrected chi connectivity index (χ1v) is 5.19. The molecule has 3 N–H and O–H groups in total. The molecule has 3 unspecified atom stereocenters. The Morgan fingerprint density at radius 1 is 1.64 bits per heavy atom. The predicted molar refractivity (Wildman–Crippen MR) is 54.8 cm³/mol. The number of ether oxygens (including phenoxy) is 1. The van der Waals surface area contributed by atoms with Gasteiger partial charge in [0.05, 0.1) is 6.10 Å². The zero-order chi connectivity index (χ0) is 10.6. The molecular formula is C10H20N2O2. The van der Waals surface area contributed by atoms with Crippen molar-refractivity contribution in [3.8, 4) is 0 Å². The fraction of sp³-hybridized carbons (Fsp3) is 0.900. The Hall–Kier alpha value is -0.610. The Balaban J connectivity index is 2.22. The van der Waals surface area contributed by atoms with Crippen molar-refractivity contribution in [1.29, 1.82) is 0 Å². The largest absolute Gasteiger partial charge is 0.381 e. The minimum absolute atomic E-state index is 0.0572. The molecule has 0 heterocycles. The Morgan fingerprint density at radius 3 is 2.86 bits per heavy atom. The van der Waals surface area contributed by atoms with Crippen LogP contribution in [0.3, 0.4) is 0 Å². The van der Waals surface area contributed by atoms with E-state index in [1.807, 2.05) is 6.92 Å². The van der Waals surface area contributed by atoms with Gasteiger partial charge in [-0.15, -0.1) is 0 Å². The predicted octanol–water partition coefficient (Wildman–Crippen LogP) is 0.407. The molecule has 0 bridgehead atoms. The third-order valence-electron chi connectivity index (χ3n) is 2.59. The molecule has 1 aliphatic carbocycles. The van der Waals surface area contributed by atoms with Crippen molar-refractivity contribution in [3.05, 3.63) is 0 Å². The Morgan fingerprint density at radius 2 is 2.36 bits per heavy atom. The summed E-state index contributed by atoms with van der Waals surface area (Å²) in [6, 6.07) is 0.223. The van der Waals surface area contributed by atoms with Crippen LogP contribution in [-0.4, -0.2) is 31.2 Å². The van der Waals surface area contributed by atoms with Crippen LogP contribution in [0.5, 0.6) is 0 Å². The maximum atomic E-state index is 11.4. The molecular weight excluding hydrogens is 180 g/mol. The summed E-state index contributed by atoms with van der Waals surface area (Å²) in [5.41, 5.74) is 5.54. The number of carbonyl (C=O) groups excluding carboxylic acids is 1. The van der Waals surface area contributed by atoms with E-state index in [9.17, 15) is 4.79 Å². The van der Waals surface area contributed by atoms with Crippen molar-refractivity contribution < 1.29 is 9.53 Å². The van der Waals surface area contributed by atoms with Gasteiger partial charge >= 0.3 is 0 Å². The number of hydrogen-bond donors (Lipinski definition) is 2. The van der Waals surface area contributed by atoms with Crippen LogP contribution < -0.4 is 11.1 Å². The third kappa shape index (κ3) is 3.64. The molecule has 0 radical (unpaired) electrons. The number of nitrogens with two attached hydrogens (primary N) is 1. The van der Waals surface area contributed by atoms with E-state index in [0.29, 0.717) is 12.5 Å². The maximum Gasteiger partial charge on any atom is 0.221 e. The van der Waals surface area contributed by atoms with Crippen LogP contribution in [0.2, 0.25) is 0 Å². The molecule has 1 amide bonds. The molecule has 0 spiro atoms. The molecule has 14 heavy (non-hydrogen) atoms. The number of methoxy groups -OCH3 is 1. The fourth-order valence-electron chi connectivity index (χ4n) is 1.86. The standard InChI is InChI=1S/C10H20N2O2/c1-7(11)5-10(13)12-8-3-4-9(6-8)14-2/h7-9H,3-6,11H2,1-2H3,(H,12,13). The molecule has 4 heteroatoms. The lowest BCUT2D eigenvalue weighted by Crippen LogP contribution is -2.36. The normalized spacial score (nSPS) is 28.8. The first-order valence-electron chi connectivity index (χ1n) is 5.19. The molecule has 4 nitrogen and oxygen atoms in total. The van der Waals surface area contributed by atoms with Gasteiger partial charge in [-0.2, -0.15) is 0 Å². The summed E-state index contributed by atoms with van der Waals surface area (Å²) >= 11 is 0. The summed E-state index contributed by atoms with van der Waals surface area (Å²) in [6.07, 6.45) is 3.72. The van der Waals surface area contributed by atoms with Gasteiger partial charge in [-0.1, -0.05) is 0 Å². The monoisotopic (exact) mass is 200 g/mol. The highest BCUT2D eigenvalue weighted by Crippen LogP contribution is 2.21. The van der Waals surface area contributed by atoms with Crippen molar-refractivity contribution >= 4 is 5.91 Å². The fourth-order valence-corrected chi connectivity index (χ4v) is 1.86. The molecule has 0 aromatic carbocycles. The van der Waals surface area contributed by atoms with E-state index < -0.39 is 0 Å². The second-order valence-corrected chi connectivity index (χ2v) is 4.12. The number of hydrogen-bond acceptors (Lipinski definition) is 3. The van der Waals surface area contributed by atoms with Crippen LogP contribution in [0.25, 0.3) is 0 Å². The molecule has 0 saturated heterocycles. The van der Waals surface area contributed by atoms with Crippen LogP contribution >= 0.6 is 0 Å². The van der Waals surface area contributed by atoms with Crippen molar-refractivity contribution in [1.82, 2.24) is 5.32 Å². The molecule has 1 aliphatic rings. The molecule has 0 aromatic rings. The number of nitrogens with one attached hydrogen (secondary N) is 1. The first-order chi connectivity index (χ1) is 6.61. The van der Waals surface area contributed by atoms with E-state index in [2.05, 4.69) is 5.32 Å². The Labute approximate surface area is 85.2 Å². The van der Waals surface area contributed by atoms with Crippen molar-refractivity contribution in [3.63, 3.8) is 0 Å². The highest BCUT2D eigenvalue weighted by atomic mass is 16.5. The van der Waals surface area contributed by atoms with Crippen LogP contribution in [0.15, 0.2) is 0 Å². The molecule has 1 fully saturated rings. The lowest BCUT2D eigenvalue weighted by molar-refractivity contribution is -0.122. The summed E-state index contributed by atoms with van der Waals surface area (Å²) in [7, 11) is 1.72. The van der Waals surface area contributed by atoms with E-state index >= 15 is 0 Å². The Kier molecular flexibility index (Phi) is 4.35. The van der Waals surface area contributed by atoms with Gasteiger partial charge in [-0.3, -0.25) is 4.79 Å². The van der Waals surface area contributed by atoms with Crippen LogP contribution in [0.4, 0.5) is 0 Å². The smallest absolute Gasteiger partial charge is 0.221 e. The first kappa shape index (κ1) is 11.5. The zero-order valence-electron chi connectivity index (χ0n) is 8.95. The molecule has 0 aliphatic heterocycles. The second-order valence-electron chi connectivity index (χ2n) is 4.12. The highest BCUT2D eigenvalue weighted by molar-refractivity contribution is 5.76. The quantitative estimate of drug-likeness (QED) is 0.690. The lowest BCUT2D eigenvalue weighted by Gasteiger charge is -2.13. The molecule has 1 saturated carbocycles. The van der Waals surface area contributed by atoms with Gasteiger partial charge in [0.15, 0.2) is 0 Å². The number of rotatable bonds is 4. The average molecular weight is 200 g/mol. The van der Waals surface area contributed by atoms with Gasteiger partial charge in [0, 0.05) is 25.6 Å². The molecule has 0 aromatic heterocycles. The van der Waals surface area contributed by atoms with Crippen LogP contribution in [0, 0.1) is 0 Å². The summed E-state index contributed by atoms with van der Waals surface area (Å²) in [5, 5.41) is 2.98. The van der Waals surface area contributed by atoms with Crippen LogP contribution in [-0.2, 0) is 9.53 Å². The third-order valence-corrected chi connectivity index (χ3v) is 2.59. The summed E-state index contributed by atoms with van der Waals surface area (Å²) in [5.74, 6) is 0.0572. The SMILES string of the molecule is COC1CCC(NC(=O)CC(C)N)C1. The lowest BCUT2D eigenvalue weighted by atomic mass is 10.2. The minimum Gasteiger partial charge on any atom is -0.381 e. The maximum absolute atomic E-state index is 11.4. The van der Waals surface area contributed by atoms with Gasteiger partial charge in [-0.05, 0) is 26.2 Å². The Bertz CT molecular complexity index is 195. The van der Waals surface area contributed by atoms with Gasteiger partial charge in [0.1, 0.15) is 0 Å².